The second-order valence-corrected chi connectivity index (χ2v) is 10.00. The molecule has 4 aromatic rings. The van der Waals surface area contributed by atoms with Crippen LogP contribution in [0, 0.1) is 19.7 Å². The molecule has 2 N–H and O–H groups in total. The Labute approximate surface area is 209 Å². The molecule has 4 nitrogen and oxygen atoms in total. The molecule has 0 spiro atoms. The van der Waals surface area contributed by atoms with E-state index in [2.05, 4.69) is 19.2 Å². The fourth-order valence-corrected chi connectivity index (χ4v) is 5.25. The molecule has 0 radical (unpaired) electrons. The van der Waals surface area contributed by atoms with Gasteiger partial charge in [0.15, 0.2) is 5.75 Å². The van der Waals surface area contributed by atoms with Crippen LogP contribution < -0.4 is 10.1 Å². The second kappa shape index (κ2) is 10.6. The van der Waals surface area contributed by atoms with Gasteiger partial charge in [-0.3, -0.25) is 4.79 Å². The molecule has 35 heavy (non-hydrogen) atoms. The lowest BCUT2D eigenvalue weighted by molar-refractivity contribution is 0.103. The van der Waals surface area contributed by atoms with Crippen molar-refractivity contribution in [3.05, 3.63) is 87.5 Å². The first kappa shape index (κ1) is 24.9. The number of rotatable bonds is 9. The lowest BCUT2D eigenvalue weighted by Crippen LogP contribution is -2.27. The normalized spacial score (nSPS) is 12.1. The summed E-state index contributed by atoms with van der Waals surface area (Å²) < 4.78 is 20.9. The van der Waals surface area contributed by atoms with Crippen LogP contribution >= 0.6 is 11.3 Å². The number of hydrogen-bond donors (Lipinski definition) is 2. The SMILES string of the molecule is CCC(C)NCCc1ccc(Oc2c(C(=O)c3c(C)cc(F)cc3C)sc3cc(O)ccc23)cc1. The van der Waals surface area contributed by atoms with Gasteiger partial charge in [-0.05, 0) is 99.3 Å². The third kappa shape index (κ3) is 5.55. The largest absolute Gasteiger partial charge is 0.508 e. The third-order valence-electron chi connectivity index (χ3n) is 6.22. The van der Waals surface area contributed by atoms with Gasteiger partial charge in [-0.25, -0.2) is 4.39 Å². The molecule has 0 bridgehead atoms. The van der Waals surface area contributed by atoms with Gasteiger partial charge in [0.25, 0.3) is 0 Å². The molecule has 0 aliphatic carbocycles. The van der Waals surface area contributed by atoms with Gasteiger partial charge in [0, 0.05) is 21.7 Å². The summed E-state index contributed by atoms with van der Waals surface area (Å²) in [7, 11) is 0. The van der Waals surface area contributed by atoms with Crippen LogP contribution in [0.2, 0.25) is 0 Å². The quantitative estimate of drug-likeness (QED) is 0.241. The number of phenols is 1. The maximum Gasteiger partial charge on any atom is 0.207 e. The lowest BCUT2D eigenvalue weighted by Gasteiger charge is -2.12. The van der Waals surface area contributed by atoms with Gasteiger partial charge < -0.3 is 15.2 Å². The van der Waals surface area contributed by atoms with E-state index >= 15 is 0 Å². The standard InChI is InChI=1S/C29H30FNO3S/c1-5-19(4)31-13-12-20-6-9-23(10-7-20)34-28-24-11-8-22(32)16-25(24)35-29(28)27(33)26-17(2)14-21(30)15-18(26)3/h6-11,14-16,19,31-32H,5,12-13H2,1-4H3. The van der Waals surface area contributed by atoms with Crippen LogP contribution in [-0.2, 0) is 6.42 Å². The summed E-state index contributed by atoms with van der Waals surface area (Å²) in [5.41, 5.74) is 2.82. The summed E-state index contributed by atoms with van der Waals surface area (Å²) in [4.78, 5) is 14.1. The van der Waals surface area contributed by atoms with Gasteiger partial charge >= 0.3 is 0 Å². The van der Waals surface area contributed by atoms with Crippen molar-refractivity contribution in [2.24, 2.45) is 0 Å². The van der Waals surface area contributed by atoms with Crippen LogP contribution in [0.25, 0.3) is 10.1 Å². The molecule has 1 aromatic heterocycles. The predicted molar refractivity (Wildman–Crippen MR) is 141 cm³/mol. The zero-order chi connectivity index (χ0) is 25.1. The molecule has 3 aromatic carbocycles. The van der Waals surface area contributed by atoms with Crippen molar-refractivity contribution in [3.8, 4) is 17.2 Å². The number of benzene rings is 3. The average molecular weight is 492 g/mol. The molecule has 182 valence electrons. The van der Waals surface area contributed by atoms with E-state index in [0.29, 0.717) is 39.1 Å². The molecule has 0 amide bonds. The number of aryl methyl sites for hydroxylation is 2. The minimum Gasteiger partial charge on any atom is -0.508 e. The van der Waals surface area contributed by atoms with Crippen LogP contribution in [0.15, 0.2) is 54.6 Å². The van der Waals surface area contributed by atoms with Gasteiger partial charge in [-0.2, -0.15) is 0 Å². The fraction of sp³-hybridized carbons (Fsp3) is 0.276. The highest BCUT2D eigenvalue weighted by Crippen LogP contribution is 2.43. The summed E-state index contributed by atoms with van der Waals surface area (Å²) in [5, 5.41) is 14.2. The number of carbonyl (C=O) groups excluding carboxylic acids is 1. The topological polar surface area (TPSA) is 58.6 Å². The summed E-state index contributed by atoms with van der Waals surface area (Å²) in [6, 6.07) is 16.1. The molecular weight excluding hydrogens is 461 g/mol. The molecule has 0 aliphatic heterocycles. The Morgan fingerprint density at radius 3 is 2.43 bits per heavy atom. The second-order valence-electron chi connectivity index (χ2n) is 8.94. The zero-order valence-corrected chi connectivity index (χ0v) is 21.3. The van der Waals surface area contributed by atoms with Crippen molar-refractivity contribution in [3.63, 3.8) is 0 Å². The van der Waals surface area contributed by atoms with Gasteiger partial charge in [0.1, 0.15) is 22.2 Å². The molecule has 0 saturated carbocycles. The van der Waals surface area contributed by atoms with Crippen LogP contribution in [0.1, 0.15) is 52.2 Å². The molecule has 1 unspecified atom stereocenters. The first-order chi connectivity index (χ1) is 16.8. The van der Waals surface area contributed by atoms with Crippen molar-refractivity contribution in [1.82, 2.24) is 5.32 Å². The van der Waals surface area contributed by atoms with Gasteiger partial charge in [-0.15, -0.1) is 11.3 Å². The summed E-state index contributed by atoms with van der Waals surface area (Å²) in [6.07, 6.45) is 2.01. The molecule has 0 fully saturated rings. The molecule has 0 aliphatic rings. The third-order valence-corrected chi connectivity index (χ3v) is 7.35. The zero-order valence-electron chi connectivity index (χ0n) is 20.4. The first-order valence-corrected chi connectivity index (χ1v) is 12.7. The monoisotopic (exact) mass is 491 g/mol. The Kier molecular flexibility index (Phi) is 7.53. The number of thiophene rings is 1. The molecule has 1 heterocycles. The number of nitrogens with one attached hydrogen (secondary N) is 1. The highest BCUT2D eigenvalue weighted by atomic mass is 32.1. The Morgan fingerprint density at radius 1 is 1.09 bits per heavy atom. The van der Waals surface area contributed by atoms with E-state index in [1.807, 2.05) is 24.3 Å². The highest BCUT2D eigenvalue weighted by molar-refractivity contribution is 7.21. The van der Waals surface area contributed by atoms with E-state index < -0.39 is 0 Å². The Balaban J connectivity index is 1.66. The van der Waals surface area contributed by atoms with Crippen molar-refractivity contribution in [2.75, 3.05) is 6.54 Å². The van der Waals surface area contributed by atoms with Gasteiger partial charge in [0.05, 0.1) is 0 Å². The number of phenolic OH excluding ortho intramolecular Hbond substituents is 1. The highest BCUT2D eigenvalue weighted by Gasteiger charge is 2.25. The van der Waals surface area contributed by atoms with E-state index in [1.54, 1.807) is 32.0 Å². The number of ketones is 1. The van der Waals surface area contributed by atoms with E-state index in [1.165, 1.54) is 29.0 Å². The fourth-order valence-electron chi connectivity index (χ4n) is 4.14. The first-order valence-electron chi connectivity index (χ1n) is 11.8. The van der Waals surface area contributed by atoms with Crippen LogP contribution in [0.4, 0.5) is 4.39 Å². The number of hydrogen-bond acceptors (Lipinski definition) is 5. The van der Waals surface area contributed by atoms with Crippen molar-refractivity contribution < 1.29 is 19.0 Å². The van der Waals surface area contributed by atoms with Gasteiger partial charge in [-0.1, -0.05) is 19.1 Å². The Morgan fingerprint density at radius 2 is 1.77 bits per heavy atom. The number of ether oxygens (including phenoxy) is 1. The minimum atomic E-state index is -0.367. The van der Waals surface area contributed by atoms with Crippen LogP contribution in [0.3, 0.4) is 0 Å². The number of aromatic hydroxyl groups is 1. The smallest absolute Gasteiger partial charge is 0.207 e. The number of fused-ring (bicyclic) bond motifs is 1. The maximum absolute atomic E-state index is 13.9. The average Bonchev–Trinajstić information content (AvgIpc) is 3.16. The van der Waals surface area contributed by atoms with E-state index in [0.717, 1.165) is 29.5 Å². The Hall–Kier alpha value is -3.22. The number of carbonyl (C=O) groups is 1. The number of halogens is 1. The van der Waals surface area contributed by atoms with Crippen LogP contribution in [-0.4, -0.2) is 23.5 Å². The summed E-state index contributed by atoms with van der Waals surface area (Å²) in [6.45, 7) is 8.71. The van der Waals surface area contributed by atoms with Crippen molar-refractivity contribution >= 4 is 27.2 Å². The lowest BCUT2D eigenvalue weighted by atomic mass is 9.97. The van der Waals surface area contributed by atoms with E-state index in [-0.39, 0.29) is 17.3 Å². The maximum atomic E-state index is 13.9. The minimum absolute atomic E-state index is 0.119. The molecular formula is C29H30FNO3S. The molecule has 4 rings (SSSR count). The molecule has 0 saturated heterocycles. The van der Waals surface area contributed by atoms with Crippen molar-refractivity contribution in [1.29, 1.82) is 0 Å². The summed E-state index contributed by atoms with van der Waals surface area (Å²) >= 11 is 1.26. The van der Waals surface area contributed by atoms with E-state index in [4.69, 9.17) is 4.74 Å². The van der Waals surface area contributed by atoms with E-state index in [9.17, 15) is 14.3 Å². The molecule has 6 heteroatoms. The van der Waals surface area contributed by atoms with Crippen molar-refractivity contribution in [2.45, 2.75) is 46.6 Å². The molecule has 1 atom stereocenters. The Bertz CT molecular complexity index is 1340. The van der Waals surface area contributed by atoms with Gasteiger partial charge in [0.2, 0.25) is 5.78 Å². The van der Waals surface area contributed by atoms with Crippen LogP contribution in [0.5, 0.6) is 17.2 Å². The predicted octanol–water partition coefficient (Wildman–Crippen LogP) is 7.32. The summed E-state index contributed by atoms with van der Waals surface area (Å²) in [5.74, 6) is 0.605.